The second-order valence-electron chi connectivity index (χ2n) is 5.76. The quantitative estimate of drug-likeness (QED) is 0.692. The molecule has 0 aliphatic carbocycles. The number of ether oxygens (including phenoxy) is 2. The largest absolute Gasteiger partial charge is 0.505 e. The monoisotopic (exact) mass is 363 g/mol. The molecule has 2 aromatic carbocycles. The van der Waals surface area contributed by atoms with Crippen LogP contribution in [0.2, 0.25) is 0 Å². The molecule has 136 valence electrons. The fourth-order valence-electron chi connectivity index (χ4n) is 2.56. The number of pyridine rings is 1. The third kappa shape index (κ3) is 3.75. The van der Waals surface area contributed by atoms with Gasteiger partial charge in [-0.05, 0) is 48.9 Å². The van der Waals surface area contributed by atoms with Gasteiger partial charge in [0.1, 0.15) is 29.0 Å². The molecular formula is C20H17N3O4. The average Bonchev–Trinajstić information content (AvgIpc) is 2.68. The number of primary amides is 1. The van der Waals surface area contributed by atoms with Crippen molar-refractivity contribution in [3.8, 4) is 29.1 Å². The number of rotatable bonds is 6. The van der Waals surface area contributed by atoms with Crippen LogP contribution >= 0.6 is 0 Å². The van der Waals surface area contributed by atoms with Crippen molar-refractivity contribution in [2.45, 2.75) is 13.3 Å². The Morgan fingerprint density at radius 2 is 1.81 bits per heavy atom. The van der Waals surface area contributed by atoms with Crippen LogP contribution in [0.15, 0.2) is 42.5 Å². The fourth-order valence-corrected chi connectivity index (χ4v) is 2.56. The highest BCUT2D eigenvalue weighted by Gasteiger charge is 2.17. The first-order valence-corrected chi connectivity index (χ1v) is 8.30. The van der Waals surface area contributed by atoms with Crippen LogP contribution in [-0.2, 0) is 0 Å². The second-order valence-corrected chi connectivity index (χ2v) is 5.76. The lowest BCUT2D eigenvalue weighted by atomic mass is 10.1. The number of benzene rings is 2. The zero-order valence-corrected chi connectivity index (χ0v) is 14.6. The highest BCUT2D eigenvalue weighted by Crippen LogP contribution is 2.34. The minimum Gasteiger partial charge on any atom is -0.505 e. The number of aromatic hydroxyl groups is 1. The summed E-state index contributed by atoms with van der Waals surface area (Å²) in [7, 11) is 0. The van der Waals surface area contributed by atoms with E-state index in [1.54, 1.807) is 36.4 Å². The molecule has 1 heterocycles. The maximum absolute atomic E-state index is 11.5. The molecule has 1 aromatic heterocycles. The first-order chi connectivity index (χ1) is 13.0. The summed E-state index contributed by atoms with van der Waals surface area (Å²) in [5.74, 6) is 0.439. The average molecular weight is 363 g/mol. The van der Waals surface area contributed by atoms with Crippen LogP contribution in [-0.4, -0.2) is 22.6 Å². The van der Waals surface area contributed by atoms with Crippen molar-refractivity contribution in [3.05, 3.63) is 53.9 Å². The van der Waals surface area contributed by atoms with Crippen molar-refractivity contribution in [2.24, 2.45) is 5.73 Å². The Balaban J connectivity index is 1.95. The molecule has 27 heavy (non-hydrogen) atoms. The zero-order valence-electron chi connectivity index (χ0n) is 14.6. The topological polar surface area (TPSA) is 118 Å². The lowest BCUT2D eigenvalue weighted by Gasteiger charge is -2.10. The van der Waals surface area contributed by atoms with E-state index in [0.717, 1.165) is 12.2 Å². The Morgan fingerprint density at radius 1 is 1.15 bits per heavy atom. The molecule has 3 N–H and O–H groups in total. The number of hydrogen-bond donors (Lipinski definition) is 2. The van der Waals surface area contributed by atoms with E-state index in [-0.39, 0.29) is 22.5 Å². The molecule has 0 saturated heterocycles. The first-order valence-electron chi connectivity index (χ1n) is 8.30. The SMILES string of the molecule is CCCOc1ccc(Oc2ccc3c(C#N)nc(C(N)=O)c(O)c3c2)cc1. The van der Waals surface area contributed by atoms with Crippen LogP contribution in [0.25, 0.3) is 10.8 Å². The lowest BCUT2D eigenvalue weighted by Crippen LogP contribution is -2.14. The summed E-state index contributed by atoms with van der Waals surface area (Å²) in [4.78, 5) is 15.3. The molecule has 0 spiro atoms. The number of nitrogens with zero attached hydrogens (tertiary/aromatic N) is 2. The predicted octanol–water partition coefficient (Wildman–Crippen LogP) is 3.49. The van der Waals surface area contributed by atoms with Gasteiger partial charge in [0.2, 0.25) is 0 Å². The number of amides is 1. The third-order valence-electron chi connectivity index (χ3n) is 3.82. The van der Waals surface area contributed by atoms with Crippen LogP contribution in [0.1, 0.15) is 29.5 Å². The van der Waals surface area contributed by atoms with E-state index < -0.39 is 5.91 Å². The summed E-state index contributed by atoms with van der Waals surface area (Å²) in [6, 6.07) is 13.8. The minimum atomic E-state index is -0.917. The van der Waals surface area contributed by atoms with Gasteiger partial charge in [-0.15, -0.1) is 0 Å². The number of fused-ring (bicyclic) bond motifs is 1. The minimum absolute atomic E-state index is 0.000533. The molecule has 3 rings (SSSR count). The van der Waals surface area contributed by atoms with E-state index in [4.69, 9.17) is 15.2 Å². The highest BCUT2D eigenvalue weighted by atomic mass is 16.5. The van der Waals surface area contributed by atoms with Gasteiger partial charge in [0.25, 0.3) is 5.91 Å². The van der Waals surface area contributed by atoms with Crippen molar-refractivity contribution < 1.29 is 19.4 Å². The van der Waals surface area contributed by atoms with Gasteiger partial charge in [0.15, 0.2) is 11.4 Å². The molecule has 0 atom stereocenters. The van der Waals surface area contributed by atoms with Gasteiger partial charge in [-0.3, -0.25) is 4.79 Å². The summed E-state index contributed by atoms with van der Waals surface area (Å²) < 4.78 is 11.3. The smallest absolute Gasteiger partial charge is 0.271 e. The van der Waals surface area contributed by atoms with Crippen molar-refractivity contribution >= 4 is 16.7 Å². The molecule has 1 amide bonds. The van der Waals surface area contributed by atoms with Crippen molar-refractivity contribution in [3.63, 3.8) is 0 Å². The lowest BCUT2D eigenvalue weighted by molar-refractivity contribution is 0.0993. The molecule has 0 bridgehead atoms. The van der Waals surface area contributed by atoms with Gasteiger partial charge >= 0.3 is 0 Å². The second kappa shape index (κ2) is 7.62. The Bertz CT molecular complexity index is 1040. The van der Waals surface area contributed by atoms with Crippen LogP contribution in [0, 0.1) is 11.3 Å². The molecule has 0 aliphatic rings. The van der Waals surface area contributed by atoms with E-state index in [0.29, 0.717) is 23.5 Å². The summed E-state index contributed by atoms with van der Waals surface area (Å²) in [5, 5.41) is 20.2. The first kappa shape index (κ1) is 18.0. The number of carbonyl (C=O) groups excluding carboxylic acids is 1. The molecular weight excluding hydrogens is 346 g/mol. The van der Waals surface area contributed by atoms with E-state index in [2.05, 4.69) is 4.98 Å². The summed E-state index contributed by atoms with van der Waals surface area (Å²) in [6.07, 6.45) is 0.922. The summed E-state index contributed by atoms with van der Waals surface area (Å²) in [5.41, 5.74) is 4.87. The van der Waals surface area contributed by atoms with Crippen LogP contribution < -0.4 is 15.2 Å². The molecule has 3 aromatic rings. The van der Waals surface area contributed by atoms with Crippen LogP contribution in [0.5, 0.6) is 23.0 Å². The number of carbonyl (C=O) groups is 1. The summed E-state index contributed by atoms with van der Waals surface area (Å²) in [6.45, 7) is 2.67. The van der Waals surface area contributed by atoms with Crippen molar-refractivity contribution in [2.75, 3.05) is 6.61 Å². The fraction of sp³-hybridized carbons (Fsp3) is 0.150. The van der Waals surface area contributed by atoms with Gasteiger partial charge in [-0.2, -0.15) is 5.26 Å². The van der Waals surface area contributed by atoms with Crippen LogP contribution in [0.3, 0.4) is 0 Å². The Labute approximate surface area is 155 Å². The number of nitrogens with two attached hydrogens (primary N) is 1. The van der Waals surface area contributed by atoms with Crippen LogP contribution in [0.4, 0.5) is 0 Å². The highest BCUT2D eigenvalue weighted by molar-refractivity contribution is 6.02. The van der Waals surface area contributed by atoms with Gasteiger partial charge in [0.05, 0.1) is 6.61 Å². The molecule has 0 aliphatic heterocycles. The predicted molar refractivity (Wildman–Crippen MR) is 98.9 cm³/mol. The third-order valence-corrected chi connectivity index (χ3v) is 3.82. The van der Waals surface area contributed by atoms with E-state index in [9.17, 15) is 15.2 Å². The number of nitriles is 1. The number of aromatic nitrogens is 1. The molecule has 0 saturated carbocycles. The Kier molecular flexibility index (Phi) is 5.08. The maximum Gasteiger partial charge on any atom is 0.271 e. The van der Waals surface area contributed by atoms with Crippen molar-refractivity contribution in [1.29, 1.82) is 5.26 Å². The van der Waals surface area contributed by atoms with Crippen molar-refractivity contribution in [1.82, 2.24) is 4.98 Å². The van der Waals surface area contributed by atoms with E-state index in [1.807, 2.05) is 13.0 Å². The molecule has 7 nitrogen and oxygen atoms in total. The molecule has 0 fully saturated rings. The summed E-state index contributed by atoms with van der Waals surface area (Å²) >= 11 is 0. The molecule has 0 unspecified atom stereocenters. The Morgan fingerprint density at radius 3 is 2.44 bits per heavy atom. The van der Waals surface area contributed by atoms with E-state index >= 15 is 0 Å². The molecule has 0 radical (unpaired) electrons. The maximum atomic E-state index is 11.5. The Hall–Kier alpha value is -3.79. The van der Waals surface area contributed by atoms with E-state index in [1.165, 1.54) is 6.07 Å². The van der Waals surface area contributed by atoms with Gasteiger partial charge in [-0.25, -0.2) is 4.98 Å². The normalized spacial score (nSPS) is 10.4. The van der Waals surface area contributed by atoms with Gasteiger partial charge in [-0.1, -0.05) is 6.92 Å². The number of hydrogen-bond acceptors (Lipinski definition) is 6. The zero-order chi connectivity index (χ0) is 19.4. The standard InChI is InChI=1S/C20H17N3O4/c1-2-9-26-12-3-5-13(6-4-12)27-14-7-8-15-16(10-14)19(24)18(20(22)25)23-17(15)11-21/h3-8,10,24H,2,9H2,1H3,(H2,22,25). The molecule has 7 heteroatoms. The van der Waals surface area contributed by atoms with Gasteiger partial charge in [0, 0.05) is 10.8 Å². The van der Waals surface area contributed by atoms with Gasteiger partial charge < -0.3 is 20.3 Å².